The van der Waals surface area contributed by atoms with Crippen LogP contribution >= 0.6 is 11.6 Å². The highest BCUT2D eigenvalue weighted by atomic mass is 35.5. The van der Waals surface area contributed by atoms with Crippen molar-refractivity contribution in [3.63, 3.8) is 0 Å². The van der Waals surface area contributed by atoms with Crippen molar-refractivity contribution in [2.45, 2.75) is 6.10 Å². The van der Waals surface area contributed by atoms with E-state index in [1.54, 1.807) is 31.5 Å². The quantitative estimate of drug-likeness (QED) is 0.415. The molecule has 11 heteroatoms. The zero-order valence-electron chi connectivity index (χ0n) is 18.2. The van der Waals surface area contributed by atoms with E-state index in [-0.39, 0.29) is 12.0 Å². The molecule has 0 bridgehead atoms. The molecule has 0 saturated carbocycles. The highest BCUT2D eigenvalue weighted by Crippen LogP contribution is 2.33. The fraction of sp³-hybridized carbons (Fsp3) is 0.217. The second kappa shape index (κ2) is 9.16. The van der Waals surface area contributed by atoms with Gasteiger partial charge in [0.25, 0.3) is 0 Å². The summed E-state index contributed by atoms with van der Waals surface area (Å²) >= 11 is 6.40. The molecule has 174 valence electrons. The Morgan fingerprint density at radius 3 is 2.88 bits per heavy atom. The topological polar surface area (TPSA) is 114 Å². The van der Waals surface area contributed by atoms with Crippen molar-refractivity contribution < 1.29 is 19.4 Å². The van der Waals surface area contributed by atoms with Crippen molar-refractivity contribution in [3.05, 3.63) is 60.0 Å². The number of pyridine rings is 1. The van der Waals surface area contributed by atoms with Gasteiger partial charge in [0.2, 0.25) is 11.9 Å². The summed E-state index contributed by atoms with van der Waals surface area (Å²) in [7, 11) is 1.56. The fourth-order valence-corrected chi connectivity index (χ4v) is 3.88. The molecule has 1 amide bonds. The number of nitrogens with zero attached hydrogens (tertiary/aromatic N) is 5. The molecule has 0 atom stereocenters. The molecule has 0 unspecified atom stereocenters. The van der Waals surface area contributed by atoms with Gasteiger partial charge in [-0.15, -0.1) is 0 Å². The normalized spacial score (nSPS) is 13.6. The number of benzene rings is 1. The number of aliphatic hydroxyl groups is 1. The van der Waals surface area contributed by atoms with Crippen molar-refractivity contribution in [3.8, 4) is 22.9 Å². The van der Waals surface area contributed by atoms with Crippen LogP contribution < -0.4 is 14.8 Å². The second-order valence-electron chi connectivity index (χ2n) is 7.65. The number of fused-ring (bicyclic) bond motifs is 1. The Bertz CT molecular complexity index is 1350. The zero-order valence-corrected chi connectivity index (χ0v) is 18.9. The van der Waals surface area contributed by atoms with Crippen LogP contribution in [0.1, 0.15) is 0 Å². The molecule has 1 aromatic carbocycles. The Kier molecular flexibility index (Phi) is 5.91. The smallest absolute Gasteiger partial charge is 0.248 e. The van der Waals surface area contributed by atoms with Crippen molar-refractivity contribution >= 4 is 34.8 Å². The number of likely N-dealkylation sites (tertiary alicyclic amines) is 1. The molecule has 4 heterocycles. The van der Waals surface area contributed by atoms with E-state index in [0.717, 1.165) is 11.3 Å². The fourth-order valence-electron chi connectivity index (χ4n) is 3.69. The van der Waals surface area contributed by atoms with E-state index in [9.17, 15) is 4.79 Å². The van der Waals surface area contributed by atoms with Gasteiger partial charge in [-0.2, -0.15) is 0 Å². The van der Waals surface area contributed by atoms with Gasteiger partial charge in [0.1, 0.15) is 35.6 Å². The lowest BCUT2D eigenvalue weighted by atomic mass is 10.1. The molecular weight excluding hydrogens is 460 g/mol. The van der Waals surface area contributed by atoms with Crippen molar-refractivity contribution in [1.82, 2.24) is 24.3 Å². The van der Waals surface area contributed by atoms with Gasteiger partial charge in [-0.25, -0.2) is 15.0 Å². The van der Waals surface area contributed by atoms with Crippen LogP contribution in [-0.4, -0.2) is 68.2 Å². The number of methoxy groups -OCH3 is 1. The number of hydrogen-bond acceptors (Lipinski definition) is 8. The first-order valence-electron chi connectivity index (χ1n) is 10.5. The van der Waals surface area contributed by atoms with Gasteiger partial charge in [0.15, 0.2) is 0 Å². The number of ether oxygens (including phenoxy) is 2. The summed E-state index contributed by atoms with van der Waals surface area (Å²) in [5.41, 5.74) is 2.72. The van der Waals surface area contributed by atoms with Gasteiger partial charge >= 0.3 is 0 Å². The maximum absolute atomic E-state index is 11.5. The minimum absolute atomic E-state index is 0.133. The Hall–Kier alpha value is -3.89. The van der Waals surface area contributed by atoms with E-state index >= 15 is 0 Å². The third-order valence-corrected chi connectivity index (χ3v) is 5.74. The first-order chi connectivity index (χ1) is 16.6. The van der Waals surface area contributed by atoms with Gasteiger partial charge in [-0.1, -0.05) is 17.7 Å². The average Bonchev–Trinajstić information content (AvgIpc) is 3.26. The van der Waals surface area contributed by atoms with E-state index in [0.29, 0.717) is 46.9 Å². The molecule has 1 aliphatic rings. The van der Waals surface area contributed by atoms with Gasteiger partial charge in [-0.05, 0) is 24.3 Å². The number of aromatic nitrogens is 4. The minimum atomic E-state index is -0.493. The number of rotatable bonds is 7. The molecule has 3 aromatic heterocycles. The Morgan fingerprint density at radius 1 is 1.24 bits per heavy atom. The van der Waals surface area contributed by atoms with Crippen LogP contribution in [0.5, 0.6) is 11.5 Å². The standard InChI is InChI=1S/C23H21ClN6O4/c1-33-19-8-14(34-15-11-29(12-15)21(32)13-31)5-6-17(19)27-23-26-9-16(24)22(28-23)18-10-25-20-4-2-3-7-30(18)20/h2-10,15,31H,11-13H2,1H3,(H,26,27,28). The molecule has 10 nitrogen and oxygen atoms in total. The van der Waals surface area contributed by atoms with Crippen LogP contribution in [0.2, 0.25) is 5.02 Å². The number of anilines is 2. The Morgan fingerprint density at radius 2 is 2.09 bits per heavy atom. The SMILES string of the molecule is COc1cc(OC2CN(C(=O)CO)C2)ccc1Nc1ncc(Cl)c(-c2cnc3ccccn23)n1. The monoisotopic (exact) mass is 480 g/mol. The number of carbonyl (C=O) groups excluding carboxylic acids is 1. The van der Waals surface area contributed by atoms with E-state index in [1.165, 1.54) is 11.1 Å². The molecule has 0 radical (unpaired) electrons. The highest BCUT2D eigenvalue weighted by molar-refractivity contribution is 6.32. The lowest BCUT2D eigenvalue weighted by Crippen LogP contribution is -2.56. The number of carbonyl (C=O) groups is 1. The summed E-state index contributed by atoms with van der Waals surface area (Å²) in [6, 6.07) is 11.1. The third kappa shape index (κ3) is 4.20. The molecule has 1 saturated heterocycles. The summed E-state index contributed by atoms with van der Waals surface area (Å²) in [5, 5.41) is 12.5. The number of amides is 1. The number of aliphatic hydroxyl groups excluding tert-OH is 1. The summed E-state index contributed by atoms with van der Waals surface area (Å²) < 4.78 is 13.3. The highest BCUT2D eigenvalue weighted by Gasteiger charge is 2.31. The molecule has 1 aliphatic heterocycles. The van der Waals surface area contributed by atoms with Gasteiger partial charge in [0, 0.05) is 12.3 Å². The second-order valence-corrected chi connectivity index (χ2v) is 8.05. The molecular formula is C23H21ClN6O4. The van der Waals surface area contributed by atoms with Crippen LogP contribution in [0.4, 0.5) is 11.6 Å². The minimum Gasteiger partial charge on any atom is -0.494 e. The van der Waals surface area contributed by atoms with Gasteiger partial charge in [-0.3, -0.25) is 9.20 Å². The first-order valence-corrected chi connectivity index (χ1v) is 10.9. The maximum atomic E-state index is 11.5. The zero-order chi connectivity index (χ0) is 23.7. The number of halogens is 1. The molecule has 1 fully saturated rings. The largest absolute Gasteiger partial charge is 0.494 e. The van der Waals surface area contributed by atoms with Crippen molar-refractivity contribution in [1.29, 1.82) is 0 Å². The summed E-state index contributed by atoms with van der Waals surface area (Å²) in [6.45, 7) is 0.380. The van der Waals surface area contributed by atoms with E-state index < -0.39 is 6.61 Å². The maximum Gasteiger partial charge on any atom is 0.248 e. The van der Waals surface area contributed by atoms with Gasteiger partial charge < -0.3 is 24.8 Å². The van der Waals surface area contributed by atoms with E-state index in [4.69, 9.17) is 26.2 Å². The van der Waals surface area contributed by atoms with Crippen molar-refractivity contribution in [2.24, 2.45) is 0 Å². The molecule has 2 N–H and O–H groups in total. The van der Waals surface area contributed by atoms with Crippen LogP contribution in [0.25, 0.3) is 17.0 Å². The third-order valence-electron chi connectivity index (χ3n) is 5.46. The molecule has 0 aliphatic carbocycles. The van der Waals surface area contributed by atoms with Crippen LogP contribution in [0, 0.1) is 0 Å². The van der Waals surface area contributed by atoms with E-state index in [2.05, 4.69) is 20.3 Å². The molecule has 4 aromatic rings. The summed E-state index contributed by atoms with van der Waals surface area (Å²) in [6.07, 6.45) is 5.02. The number of hydrogen-bond donors (Lipinski definition) is 2. The number of imidazole rings is 1. The summed E-state index contributed by atoms with van der Waals surface area (Å²) in [5.74, 6) is 1.18. The lowest BCUT2D eigenvalue weighted by Gasteiger charge is -2.38. The average molecular weight is 481 g/mol. The van der Waals surface area contributed by atoms with Crippen LogP contribution in [0.3, 0.4) is 0 Å². The predicted octanol–water partition coefficient (Wildman–Crippen LogP) is 2.78. The van der Waals surface area contributed by atoms with Crippen molar-refractivity contribution in [2.75, 3.05) is 32.1 Å². The van der Waals surface area contributed by atoms with Crippen LogP contribution in [0.15, 0.2) is 55.0 Å². The molecule has 34 heavy (non-hydrogen) atoms. The number of nitrogens with one attached hydrogen (secondary N) is 1. The Balaban J connectivity index is 1.34. The predicted molar refractivity (Wildman–Crippen MR) is 126 cm³/mol. The first kappa shape index (κ1) is 21.9. The van der Waals surface area contributed by atoms with E-state index in [1.807, 2.05) is 28.8 Å². The van der Waals surface area contributed by atoms with Crippen LogP contribution in [-0.2, 0) is 4.79 Å². The molecule has 0 spiro atoms. The van der Waals surface area contributed by atoms with Gasteiger partial charge in [0.05, 0.1) is 49.0 Å². The molecule has 5 rings (SSSR count). The Labute approximate surface area is 199 Å². The summed E-state index contributed by atoms with van der Waals surface area (Å²) in [4.78, 5) is 26.3. The lowest BCUT2D eigenvalue weighted by molar-refractivity contribution is -0.142.